The average Bonchev–Trinajstić information content (AvgIpc) is 2.62. The van der Waals surface area contributed by atoms with Crippen molar-refractivity contribution in [1.29, 1.82) is 0 Å². The molecular formula is C19H21N3O4. The van der Waals surface area contributed by atoms with Crippen molar-refractivity contribution in [3.05, 3.63) is 69.8 Å². The lowest BCUT2D eigenvalue weighted by molar-refractivity contribution is -0.385. The van der Waals surface area contributed by atoms with E-state index in [0.717, 1.165) is 6.42 Å². The minimum absolute atomic E-state index is 0.0756. The number of nitro benzene ring substituents is 1. The molecule has 0 spiro atoms. The molecule has 0 aliphatic heterocycles. The van der Waals surface area contributed by atoms with Crippen molar-refractivity contribution < 1.29 is 14.5 Å². The molecule has 0 heterocycles. The largest absolute Gasteiger partial charge is 0.494 e. The van der Waals surface area contributed by atoms with Crippen LogP contribution in [0.1, 0.15) is 36.2 Å². The summed E-state index contributed by atoms with van der Waals surface area (Å²) in [5, 5.41) is 14.7. The lowest BCUT2D eigenvalue weighted by atomic mass is 10.1. The zero-order valence-corrected chi connectivity index (χ0v) is 14.7. The summed E-state index contributed by atoms with van der Waals surface area (Å²) < 4.78 is 5.60. The first-order valence-electron chi connectivity index (χ1n) is 8.27. The fraction of sp³-hybridized carbons (Fsp3) is 0.263. The highest BCUT2D eigenvalue weighted by Gasteiger charge is 2.10. The molecule has 7 nitrogen and oxygen atoms in total. The first-order chi connectivity index (χ1) is 12.5. The quantitative estimate of drug-likeness (QED) is 0.443. The van der Waals surface area contributed by atoms with Crippen LogP contribution in [0.3, 0.4) is 0 Å². The maximum Gasteiger partial charge on any atom is 0.278 e. The Kier molecular flexibility index (Phi) is 6.84. The number of hydrogen-bond acceptors (Lipinski definition) is 5. The molecule has 1 N–H and O–H groups in total. The summed E-state index contributed by atoms with van der Waals surface area (Å²) in [5.74, 6) is 0.859. The maximum absolute atomic E-state index is 12.1. The summed E-state index contributed by atoms with van der Waals surface area (Å²) in [5.41, 5.74) is 3.01. The van der Waals surface area contributed by atoms with Crippen LogP contribution in [-0.2, 0) is 0 Å². The highest BCUT2D eigenvalue weighted by atomic mass is 16.6. The second-order valence-electron chi connectivity index (χ2n) is 6.07. The zero-order valence-electron chi connectivity index (χ0n) is 14.7. The van der Waals surface area contributed by atoms with Crippen LogP contribution in [0.4, 0.5) is 5.69 Å². The molecule has 0 atom stereocenters. The Labute approximate surface area is 151 Å². The molecule has 0 unspecified atom stereocenters. The van der Waals surface area contributed by atoms with Crippen LogP contribution >= 0.6 is 0 Å². The number of rotatable bonds is 8. The number of nitro groups is 1. The fourth-order valence-electron chi connectivity index (χ4n) is 2.10. The van der Waals surface area contributed by atoms with Crippen LogP contribution in [0, 0.1) is 16.0 Å². The Morgan fingerprint density at radius 1 is 1.23 bits per heavy atom. The molecule has 0 radical (unpaired) electrons. The highest BCUT2D eigenvalue weighted by Crippen LogP contribution is 2.15. The number of nitrogens with one attached hydrogen (secondary N) is 1. The second-order valence-corrected chi connectivity index (χ2v) is 6.07. The molecule has 0 fully saturated rings. The second kappa shape index (κ2) is 9.31. The van der Waals surface area contributed by atoms with Gasteiger partial charge in [-0.3, -0.25) is 14.9 Å². The monoisotopic (exact) mass is 355 g/mol. The number of hydrogen-bond donors (Lipinski definition) is 1. The smallest absolute Gasteiger partial charge is 0.278 e. The Bertz CT molecular complexity index is 786. The summed E-state index contributed by atoms with van der Waals surface area (Å²) >= 11 is 0. The molecule has 0 saturated heterocycles. The molecule has 26 heavy (non-hydrogen) atoms. The standard InChI is InChI=1S/C19H21N3O4/c1-14(2)11-12-26-17-9-7-15(8-10-17)19(23)21-20-13-16-5-3-4-6-18(16)22(24)25/h3-10,13-14H,11-12H2,1-2H3,(H,21,23)/b20-13+. The van der Waals surface area contributed by atoms with Crippen molar-refractivity contribution in [3.63, 3.8) is 0 Å². The Balaban J connectivity index is 1.93. The van der Waals surface area contributed by atoms with Gasteiger partial charge in [0.25, 0.3) is 11.6 Å². The summed E-state index contributed by atoms with van der Waals surface area (Å²) in [7, 11) is 0. The molecule has 0 aliphatic carbocycles. The Morgan fingerprint density at radius 2 is 1.92 bits per heavy atom. The van der Waals surface area contributed by atoms with Crippen molar-refractivity contribution in [2.24, 2.45) is 11.0 Å². The van der Waals surface area contributed by atoms with Crippen LogP contribution in [0.25, 0.3) is 0 Å². The summed E-state index contributed by atoms with van der Waals surface area (Å²) in [6.45, 7) is 4.88. The molecular weight excluding hydrogens is 334 g/mol. The van der Waals surface area contributed by atoms with Crippen LogP contribution in [0.2, 0.25) is 0 Å². The van der Waals surface area contributed by atoms with E-state index >= 15 is 0 Å². The van der Waals surface area contributed by atoms with Crippen LogP contribution in [-0.4, -0.2) is 23.7 Å². The van der Waals surface area contributed by atoms with Crippen molar-refractivity contribution in [3.8, 4) is 5.75 Å². The number of nitrogens with zero attached hydrogens (tertiary/aromatic N) is 2. The third-order valence-electron chi connectivity index (χ3n) is 3.58. The molecule has 2 rings (SSSR count). The number of carbonyl (C=O) groups is 1. The SMILES string of the molecule is CC(C)CCOc1ccc(C(=O)N/N=C/c2ccccc2[N+](=O)[O-])cc1. The number of hydrazone groups is 1. The molecule has 2 aromatic carbocycles. The van der Waals surface area contributed by atoms with E-state index in [1.165, 1.54) is 12.3 Å². The van der Waals surface area contributed by atoms with Crippen molar-refractivity contribution in [2.75, 3.05) is 6.61 Å². The third-order valence-corrected chi connectivity index (χ3v) is 3.58. The summed E-state index contributed by atoms with van der Waals surface area (Å²) in [4.78, 5) is 22.5. The van der Waals surface area contributed by atoms with Gasteiger partial charge in [-0.15, -0.1) is 0 Å². The number of para-hydroxylation sites is 1. The predicted molar refractivity (Wildman–Crippen MR) is 99.5 cm³/mol. The minimum Gasteiger partial charge on any atom is -0.494 e. The number of ether oxygens (including phenoxy) is 1. The van der Waals surface area contributed by atoms with Gasteiger partial charge in [-0.05, 0) is 42.7 Å². The van der Waals surface area contributed by atoms with E-state index < -0.39 is 10.8 Å². The van der Waals surface area contributed by atoms with Gasteiger partial charge in [0, 0.05) is 11.6 Å². The average molecular weight is 355 g/mol. The highest BCUT2D eigenvalue weighted by molar-refractivity contribution is 5.95. The van der Waals surface area contributed by atoms with Gasteiger partial charge >= 0.3 is 0 Å². The van der Waals surface area contributed by atoms with Gasteiger partial charge in [-0.25, -0.2) is 5.43 Å². The summed E-state index contributed by atoms with van der Waals surface area (Å²) in [6.07, 6.45) is 2.21. The molecule has 7 heteroatoms. The van der Waals surface area contributed by atoms with Gasteiger partial charge in [0.15, 0.2) is 0 Å². The molecule has 0 bridgehead atoms. The van der Waals surface area contributed by atoms with E-state index in [1.54, 1.807) is 42.5 Å². The Hall–Kier alpha value is -3.22. The van der Waals surface area contributed by atoms with Gasteiger partial charge in [0.1, 0.15) is 5.75 Å². The number of amides is 1. The Morgan fingerprint density at radius 3 is 2.58 bits per heavy atom. The predicted octanol–water partition coefficient (Wildman–Crippen LogP) is 3.78. The van der Waals surface area contributed by atoms with Gasteiger partial charge < -0.3 is 4.74 Å². The third kappa shape index (κ3) is 5.70. The van der Waals surface area contributed by atoms with E-state index in [9.17, 15) is 14.9 Å². The van der Waals surface area contributed by atoms with E-state index in [-0.39, 0.29) is 5.69 Å². The minimum atomic E-state index is -0.499. The van der Waals surface area contributed by atoms with Crippen molar-refractivity contribution in [2.45, 2.75) is 20.3 Å². The van der Waals surface area contributed by atoms with E-state index in [2.05, 4.69) is 24.4 Å². The van der Waals surface area contributed by atoms with Gasteiger partial charge in [0.2, 0.25) is 0 Å². The van der Waals surface area contributed by atoms with Crippen LogP contribution in [0.15, 0.2) is 53.6 Å². The first-order valence-corrected chi connectivity index (χ1v) is 8.27. The molecule has 1 amide bonds. The first kappa shape index (κ1) is 19.1. The normalized spacial score (nSPS) is 10.9. The van der Waals surface area contributed by atoms with Crippen molar-refractivity contribution in [1.82, 2.24) is 5.43 Å². The van der Waals surface area contributed by atoms with E-state index in [0.29, 0.717) is 29.4 Å². The maximum atomic E-state index is 12.1. The van der Waals surface area contributed by atoms with Gasteiger partial charge in [-0.1, -0.05) is 26.0 Å². The molecule has 0 aliphatic rings. The molecule has 2 aromatic rings. The van der Waals surface area contributed by atoms with E-state index in [4.69, 9.17) is 4.74 Å². The topological polar surface area (TPSA) is 93.8 Å². The molecule has 0 aromatic heterocycles. The zero-order chi connectivity index (χ0) is 18.9. The van der Waals surface area contributed by atoms with Crippen molar-refractivity contribution >= 4 is 17.8 Å². The molecule has 0 saturated carbocycles. The lowest BCUT2D eigenvalue weighted by Gasteiger charge is -2.08. The van der Waals surface area contributed by atoms with Crippen LogP contribution in [0.5, 0.6) is 5.75 Å². The number of benzene rings is 2. The lowest BCUT2D eigenvalue weighted by Crippen LogP contribution is -2.17. The van der Waals surface area contributed by atoms with Gasteiger partial charge in [0.05, 0.1) is 23.3 Å². The van der Waals surface area contributed by atoms with Gasteiger partial charge in [-0.2, -0.15) is 5.10 Å². The summed E-state index contributed by atoms with van der Waals surface area (Å²) in [6, 6.07) is 12.9. The fourth-order valence-corrected chi connectivity index (χ4v) is 2.10. The number of carbonyl (C=O) groups excluding carboxylic acids is 1. The van der Waals surface area contributed by atoms with E-state index in [1.807, 2.05) is 0 Å². The molecule has 136 valence electrons. The van der Waals surface area contributed by atoms with Crippen LogP contribution < -0.4 is 10.2 Å².